The molecule has 0 saturated heterocycles. The largest absolute Gasteiger partial charge is 0.490 e. The van der Waals surface area contributed by atoms with Crippen molar-refractivity contribution in [3.63, 3.8) is 0 Å². The number of hydrogen-bond donors (Lipinski definition) is 1. The topological polar surface area (TPSA) is 67.9 Å². The first-order valence-electron chi connectivity index (χ1n) is 12.2. The van der Waals surface area contributed by atoms with E-state index in [2.05, 4.69) is 5.32 Å². The fourth-order valence-corrected chi connectivity index (χ4v) is 4.46. The first-order chi connectivity index (χ1) is 17.1. The number of nitrogens with one attached hydrogen (secondary N) is 1. The van der Waals surface area contributed by atoms with E-state index in [0.717, 1.165) is 23.1 Å². The van der Waals surface area contributed by atoms with Crippen LogP contribution in [0.3, 0.4) is 0 Å². The fraction of sp³-hybridized carbons (Fsp3) is 0.310. The van der Waals surface area contributed by atoms with Crippen molar-refractivity contribution >= 4 is 11.8 Å². The molecule has 6 heteroatoms. The number of fused-ring (bicyclic) bond motifs is 1. The van der Waals surface area contributed by atoms with Gasteiger partial charge < -0.3 is 19.7 Å². The predicted octanol–water partition coefficient (Wildman–Crippen LogP) is 4.58. The van der Waals surface area contributed by atoms with E-state index in [1.165, 1.54) is 0 Å². The van der Waals surface area contributed by atoms with Crippen LogP contribution in [0.15, 0.2) is 72.8 Å². The van der Waals surface area contributed by atoms with Crippen LogP contribution >= 0.6 is 0 Å². The summed E-state index contributed by atoms with van der Waals surface area (Å²) in [6.45, 7) is 5.90. The average molecular weight is 473 g/mol. The lowest BCUT2D eigenvalue weighted by atomic mass is 10.0. The minimum absolute atomic E-state index is 0.111. The first kappa shape index (κ1) is 24.3. The van der Waals surface area contributed by atoms with E-state index in [1.807, 2.05) is 80.6 Å². The lowest BCUT2D eigenvalue weighted by molar-refractivity contribution is -0.125. The molecule has 2 amide bonds. The zero-order valence-corrected chi connectivity index (χ0v) is 20.3. The van der Waals surface area contributed by atoms with Crippen LogP contribution in [-0.4, -0.2) is 43.0 Å². The fourth-order valence-electron chi connectivity index (χ4n) is 4.46. The van der Waals surface area contributed by atoms with Gasteiger partial charge in [0.15, 0.2) is 11.5 Å². The maximum Gasteiger partial charge on any atom is 0.255 e. The third-order valence-electron chi connectivity index (χ3n) is 6.11. The molecule has 1 heterocycles. The quantitative estimate of drug-likeness (QED) is 0.444. The number of rotatable bonds is 11. The molecule has 6 nitrogen and oxygen atoms in total. The Balaban J connectivity index is 1.48. The molecule has 35 heavy (non-hydrogen) atoms. The summed E-state index contributed by atoms with van der Waals surface area (Å²) in [5.74, 6) is 1.14. The number of ether oxygens (including phenoxy) is 2. The van der Waals surface area contributed by atoms with E-state index in [0.29, 0.717) is 49.8 Å². The number of benzene rings is 3. The third kappa shape index (κ3) is 5.65. The Labute approximate surface area is 206 Å². The molecule has 0 bridgehead atoms. The van der Waals surface area contributed by atoms with Crippen molar-refractivity contribution in [3.05, 3.63) is 95.1 Å². The number of carbonyl (C=O) groups is 2. The van der Waals surface area contributed by atoms with Gasteiger partial charge in [0, 0.05) is 18.7 Å². The number of amides is 2. The average Bonchev–Trinajstić information content (AvgIpc) is 3.16. The van der Waals surface area contributed by atoms with Crippen molar-refractivity contribution in [2.75, 3.05) is 26.3 Å². The molecule has 0 aromatic heterocycles. The van der Waals surface area contributed by atoms with Gasteiger partial charge in [-0.2, -0.15) is 0 Å². The Bertz CT molecular complexity index is 1160. The highest BCUT2D eigenvalue weighted by molar-refractivity contribution is 6.04. The molecule has 182 valence electrons. The zero-order valence-electron chi connectivity index (χ0n) is 20.3. The Kier molecular flexibility index (Phi) is 8.03. The second-order valence-electron chi connectivity index (χ2n) is 8.41. The molecule has 0 unspecified atom stereocenters. The van der Waals surface area contributed by atoms with E-state index in [9.17, 15) is 9.59 Å². The van der Waals surface area contributed by atoms with E-state index in [1.54, 1.807) is 11.0 Å². The number of hydrogen-bond acceptors (Lipinski definition) is 4. The summed E-state index contributed by atoms with van der Waals surface area (Å²) in [4.78, 5) is 28.2. The molecule has 1 atom stereocenters. The van der Waals surface area contributed by atoms with Crippen molar-refractivity contribution in [2.45, 2.75) is 32.7 Å². The lowest BCUT2D eigenvalue weighted by Crippen LogP contribution is -2.40. The van der Waals surface area contributed by atoms with E-state index in [4.69, 9.17) is 9.47 Å². The first-order valence-corrected chi connectivity index (χ1v) is 12.2. The maximum absolute atomic E-state index is 13.3. The highest BCUT2D eigenvalue weighted by Crippen LogP contribution is 2.34. The molecular weight excluding hydrogens is 440 g/mol. The second kappa shape index (κ2) is 11.6. The van der Waals surface area contributed by atoms with Crippen molar-refractivity contribution < 1.29 is 19.1 Å². The van der Waals surface area contributed by atoms with Gasteiger partial charge in [0.1, 0.15) is 6.04 Å². The van der Waals surface area contributed by atoms with Crippen molar-refractivity contribution in [1.29, 1.82) is 0 Å². The molecule has 1 N–H and O–H groups in total. The minimum Gasteiger partial charge on any atom is -0.490 e. The van der Waals surface area contributed by atoms with Gasteiger partial charge in [-0.1, -0.05) is 54.6 Å². The van der Waals surface area contributed by atoms with Crippen LogP contribution in [0.5, 0.6) is 11.5 Å². The summed E-state index contributed by atoms with van der Waals surface area (Å²) in [6, 6.07) is 22.6. The summed E-state index contributed by atoms with van der Waals surface area (Å²) in [6.07, 6.45) is 1.33. The highest BCUT2D eigenvalue weighted by atomic mass is 16.5. The van der Waals surface area contributed by atoms with Gasteiger partial charge in [-0.25, -0.2) is 0 Å². The van der Waals surface area contributed by atoms with Crippen LogP contribution in [0.4, 0.5) is 0 Å². The van der Waals surface area contributed by atoms with Gasteiger partial charge in [-0.3, -0.25) is 9.59 Å². The molecule has 3 aromatic carbocycles. The smallest absolute Gasteiger partial charge is 0.255 e. The van der Waals surface area contributed by atoms with E-state index >= 15 is 0 Å². The van der Waals surface area contributed by atoms with Crippen LogP contribution in [0.25, 0.3) is 0 Å². The minimum atomic E-state index is -0.636. The van der Waals surface area contributed by atoms with Gasteiger partial charge in [-0.15, -0.1) is 0 Å². The molecule has 1 aliphatic rings. The maximum atomic E-state index is 13.3. The summed E-state index contributed by atoms with van der Waals surface area (Å²) in [7, 11) is 0. The van der Waals surface area contributed by atoms with Crippen LogP contribution in [0, 0.1) is 0 Å². The van der Waals surface area contributed by atoms with E-state index in [-0.39, 0.29) is 11.8 Å². The lowest BCUT2D eigenvalue weighted by Gasteiger charge is -2.25. The van der Waals surface area contributed by atoms with Crippen LogP contribution < -0.4 is 14.8 Å². The molecule has 4 rings (SSSR count). The Morgan fingerprint density at radius 1 is 0.857 bits per heavy atom. The standard InChI is InChI=1S/C29H32N2O4/c1-3-34-25-15-14-22(20-26(25)35-4-2)17-19-31-27(23-12-8-9-13-24(23)29(31)33)28(32)30-18-16-21-10-6-5-7-11-21/h5-15,20,27H,3-4,16-19H2,1-2H3,(H,30,32)/t27-/m1/s1. The molecule has 0 fully saturated rings. The third-order valence-corrected chi connectivity index (χ3v) is 6.11. The van der Waals surface area contributed by atoms with E-state index < -0.39 is 6.04 Å². The van der Waals surface area contributed by atoms with Gasteiger partial charge in [0.05, 0.1) is 13.2 Å². The summed E-state index contributed by atoms with van der Waals surface area (Å²) in [5, 5.41) is 3.04. The molecule has 0 aliphatic carbocycles. The molecule has 0 spiro atoms. The molecule has 0 radical (unpaired) electrons. The van der Waals surface area contributed by atoms with Gasteiger partial charge >= 0.3 is 0 Å². The number of carbonyl (C=O) groups excluding carboxylic acids is 2. The Morgan fingerprint density at radius 2 is 1.57 bits per heavy atom. The van der Waals surface area contributed by atoms with Crippen LogP contribution in [0.2, 0.25) is 0 Å². The Morgan fingerprint density at radius 3 is 2.34 bits per heavy atom. The summed E-state index contributed by atoms with van der Waals surface area (Å²) in [5.41, 5.74) is 3.53. The summed E-state index contributed by atoms with van der Waals surface area (Å²) < 4.78 is 11.4. The predicted molar refractivity (Wildman–Crippen MR) is 136 cm³/mol. The molecular formula is C29H32N2O4. The van der Waals surface area contributed by atoms with Gasteiger partial charge in [0.25, 0.3) is 5.91 Å². The van der Waals surface area contributed by atoms with Crippen molar-refractivity contribution in [2.24, 2.45) is 0 Å². The summed E-state index contributed by atoms with van der Waals surface area (Å²) >= 11 is 0. The van der Waals surface area contributed by atoms with Crippen molar-refractivity contribution in [3.8, 4) is 11.5 Å². The normalized spacial score (nSPS) is 14.5. The van der Waals surface area contributed by atoms with Crippen LogP contribution in [0.1, 0.15) is 46.9 Å². The van der Waals surface area contributed by atoms with Crippen LogP contribution in [-0.2, 0) is 17.6 Å². The van der Waals surface area contributed by atoms with Crippen molar-refractivity contribution in [1.82, 2.24) is 10.2 Å². The highest BCUT2D eigenvalue weighted by Gasteiger charge is 2.40. The number of nitrogens with zero attached hydrogens (tertiary/aromatic N) is 1. The monoisotopic (exact) mass is 472 g/mol. The molecule has 1 aliphatic heterocycles. The Hall–Kier alpha value is -3.80. The molecule has 0 saturated carbocycles. The molecule has 3 aromatic rings. The SMILES string of the molecule is CCOc1ccc(CCN2C(=O)c3ccccc3[C@@H]2C(=O)NCCc2ccccc2)cc1OCC. The van der Waals surface area contributed by atoms with Gasteiger partial charge in [-0.05, 0) is 61.6 Å². The zero-order chi connectivity index (χ0) is 24.6. The van der Waals surface area contributed by atoms with Gasteiger partial charge in [0.2, 0.25) is 5.91 Å². The second-order valence-corrected chi connectivity index (χ2v) is 8.41.